The fraction of sp³-hybridized carbons (Fsp3) is 0.417. The van der Waals surface area contributed by atoms with Gasteiger partial charge in [0, 0.05) is 30.5 Å². The number of nitro benzene ring substituents is 1. The van der Waals surface area contributed by atoms with Crippen LogP contribution in [0.2, 0.25) is 19.6 Å². The van der Waals surface area contributed by atoms with Crippen molar-refractivity contribution in [1.82, 2.24) is 0 Å². The molecule has 21 heavy (non-hydrogen) atoms. The fourth-order valence-electron chi connectivity index (χ4n) is 1.61. The molecule has 0 heterocycles. The van der Waals surface area contributed by atoms with Crippen LogP contribution in [0.3, 0.4) is 0 Å². The van der Waals surface area contributed by atoms with Crippen molar-refractivity contribution in [2.75, 3.05) is 6.54 Å². The van der Waals surface area contributed by atoms with E-state index in [2.05, 4.69) is 4.99 Å². The van der Waals surface area contributed by atoms with Crippen molar-refractivity contribution in [2.45, 2.75) is 26.6 Å². The van der Waals surface area contributed by atoms with Crippen LogP contribution in [0.1, 0.15) is 12.5 Å². The van der Waals surface area contributed by atoms with Crippen molar-refractivity contribution in [3.63, 3.8) is 0 Å². The van der Waals surface area contributed by atoms with Crippen molar-refractivity contribution < 1.29 is 30.9 Å². The van der Waals surface area contributed by atoms with Gasteiger partial charge < -0.3 is 5.11 Å². The summed E-state index contributed by atoms with van der Waals surface area (Å²) in [5.41, 5.74) is 0.422. The van der Waals surface area contributed by atoms with Gasteiger partial charge in [0.1, 0.15) is 5.75 Å². The number of benzene rings is 1. The summed E-state index contributed by atoms with van der Waals surface area (Å²) in [5, 5.41) is 21.8. The van der Waals surface area contributed by atoms with Crippen LogP contribution in [0.4, 0.5) is 5.69 Å². The Balaban J connectivity index is 0.00000122. The molecule has 1 aromatic carbocycles. The van der Waals surface area contributed by atoms with Crippen LogP contribution in [0.5, 0.6) is 5.75 Å². The van der Waals surface area contributed by atoms with Crippen LogP contribution >= 0.6 is 17.0 Å². The van der Waals surface area contributed by atoms with Gasteiger partial charge in [-0.15, -0.1) is 0 Å². The molecule has 0 unspecified atom stereocenters. The number of aromatic hydroxyl groups is 1. The summed E-state index contributed by atoms with van der Waals surface area (Å²) in [5.74, 6) is 0.122. The standard InChI is InChI=1S/C12H18N2O3Si.2ClH.Zr/c1-5-13-8-9-6-10(14(16)17)7-11(12(9)15)18(2,3)4;;;/h6-8,15H,5H2,1-4H3;2*1H;/q;;;+2/p-2. The third kappa shape index (κ3) is 7.04. The van der Waals surface area contributed by atoms with Gasteiger partial charge in [-0.1, -0.05) is 19.6 Å². The molecule has 9 heteroatoms. The number of aliphatic imine (C=N–C) groups is 1. The van der Waals surface area contributed by atoms with Crippen LogP contribution in [0.25, 0.3) is 0 Å². The Morgan fingerprint density at radius 2 is 1.95 bits per heavy atom. The Bertz CT molecular complexity index is 522. The number of non-ortho nitro benzene ring substituents is 1. The van der Waals surface area contributed by atoms with Gasteiger partial charge in [0.2, 0.25) is 0 Å². The molecule has 0 bridgehead atoms. The number of phenolic OH excluding ortho intramolecular Hbond substituents is 1. The Morgan fingerprint density at radius 1 is 1.43 bits per heavy atom. The molecule has 0 saturated heterocycles. The zero-order valence-corrected chi connectivity index (χ0v) is 17.3. The Hall–Kier alpha value is -0.230. The van der Waals surface area contributed by atoms with Crippen molar-refractivity contribution in [1.29, 1.82) is 0 Å². The van der Waals surface area contributed by atoms with Crippen LogP contribution in [0, 0.1) is 10.1 Å². The third-order valence-corrected chi connectivity index (χ3v) is 4.55. The fourth-order valence-corrected chi connectivity index (χ4v) is 3.04. The van der Waals surface area contributed by atoms with E-state index in [1.807, 2.05) is 26.6 Å². The topological polar surface area (TPSA) is 75.7 Å². The minimum absolute atomic E-state index is 0.00257. The van der Waals surface area contributed by atoms with E-state index in [0.29, 0.717) is 17.3 Å². The molecule has 0 amide bonds. The minimum atomic E-state index is -1.84. The molecule has 116 valence electrons. The number of hydrogen-bond acceptors (Lipinski definition) is 4. The molecule has 1 N–H and O–H groups in total. The molecule has 0 aliphatic heterocycles. The third-order valence-electron chi connectivity index (χ3n) is 2.56. The molecule has 1 rings (SSSR count). The molecule has 5 nitrogen and oxygen atoms in total. The number of rotatable bonds is 4. The molecule has 0 aliphatic rings. The van der Waals surface area contributed by atoms with Crippen molar-refractivity contribution in [3.05, 3.63) is 27.8 Å². The maximum atomic E-state index is 10.9. The molecule has 0 spiro atoms. The predicted molar refractivity (Wildman–Crippen MR) is 87.6 cm³/mol. The Morgan fingerprint density at radius 3 is 2.33 bits per heavy atom. The maximum absolute atomic E-state index is 10.9. The summed E-state index contributed by atoms with van der Waals surface area (Å²) in [7, 11) is 8.03. The predicted octanol–water partition coefficient (Wildman–Crippen LogP) is 3.66. The average molecular weight is 429 g/mol. The van der Waals surface area contributed by atoms with Gasteiger partial charge in [0.05, 0.1) is 13.0 Å². The SMILES string of the molecule is CCN=Cc1cc([N+](=O)[O-])cc([Si](C)(C)C)c1O.[Cl][Zr][Cl]. The summed E-state index contributed by atoms with van der Waals surface area (Å²) in [6.45, 7) is 8.54. The van der Waals surface area contributed by atoms with E-state index in [1.165, 1.54) is 18.3 Å². The molecule has 0 aliphatic carbocycles. The Kier molecular flexibility index (Phi) is 9.61. The van der Waals surface area contributed by atoms with Gasteiger partial charge in [-0.05, 0) is 12.1 Å². The number of nitro groups is 1. The summed E-state index contributed by atoms with van der Waals surface area (Å²) in [6.07, 6.45) is 1.49. The first kappa shape index (κ1) is 20.8. The second-order valence-electron chi connectivity index (χ2n) is 5.14. The second-order valence-corrected chi connectivity index (χ2v) is 13.9. The van der Waals surface area contributed by atoms with Crippen molar-refractivity contribution in [3.8, 4) is 5.75 Å². The molecule has 1 aromatic rings. The summed E-state index contributed by atoms with van der Waals surface area (Å²) in [6, 6.07) is 2.84. The van der Waals surface area contributed by atoms with Crippen LogP contribution < -0.4 is 5.19 Å². The van der Waals surface area contributed by atoms with E-state index >= 15 is 0 Å². The van der Waals surface area contributed by atoms with E-state index in [4.69, 9.17) is 17.0 Å². The van der Waals surface area contributed by atoms with Gasteiger partial charge in [0.15, 0.2) is 0 Å². The first-order valence-corrected chi connectivity index (χ1v) is 16.0. The molecule has 0 saturated carbocycles. The molecule has 0 atom stereocenters. The summed E-state index contributed by atoms with van der Waals surface area (Å²) in [4.78, 5) is 14.5. The Labute approximate surface area is 144 Å². The van der Waals surface area contributed by atoms with Gasteiger partial charge in [-0.3, -0.25) is 15.1 Å². The van der Waals surface area contributed by atoms with E-state index in [9.17, 15) is 15.2 Å². The quantitative estimate of drug-likeness (QED) is 0.344. The van der Waals surface area contributed by atoms with Crippen molar-refractivity contribution in [2.24, 2.45) is 4.99 Å². The number of phenols is 1. The molecule has 0 aromatic heterocycles. The van der Waals surface area contributed by atoms with E-state index in [1.54, 1.807) is 0 Å². The molecule has 0 fully saturated rings. The van der Waals surface area contributed by atoms with Crippen LogP contribution in [-0.2, 0) is 20.8 Å². The average Bonchev–Trinajstić information content (AvgIpc) is 2.36. The first-order valence-electron chi connectivity index (χ1n) is 6.17. The summed E-state index contributed by atoms with van der Waals surface area (Å²) < 4.78 is 0. The zero-order chi connectivity index (χ0) is 16.6. The van der Waals surface area contributed by atoms with Crippen LogP contribution in [0.15, 0.2) is 17.1 Å². The first-order chi connectivity index (χ1) is 9.68. The molecule has 0 radical (unpaired) electrons. The number of hydrogen-bond donors (Lipinski definition) is 1. The van der Waals surface area contributed by atoms with Gasteiger partial charge >= 0.3 is 37.9 Å². The van der Waals surface area contributed by atoms with E-state index in [0.717, 1.165) is 0 Å². The molecular weight excluding hydrogens is 410 g/mol. The monoisotopic (exact) mass is 426 g/mol. The van der Waals surface area contributed by atoms with Gasteiger partial charge in [0.25, 0.3) is 5.69 Å². The van der Waals surface area contributed by atoms with E-state index in [-0.39, 0.29) is 11.4 Å². The number of nitrogens with zero attached hydrogens (tertiary/aromatic N) is 2. The normalized spacial score (nSPS) is 11.0. The van der Waals surface area contributed by atoms with Crippen molar-refractivity contribution >= 4 is 42.2 Å². The van der Waals surface area contributed by atoms with Gasteiger partial charge in [-0.25, -0.2) is 0 Å². The van der Waals surface area contributed by atoms with Gasteiger partial charge in [-0.2, -0.15) is 0 Å². The number of halogens is 2. The van der Waals surface area contributed by atoms with E-state index < -0.39 is 33.8 Å². The molecular formula is C12H18Cl2N2O3SiZr. The second kappa shape index (κ2) is 9.72. The summed E-state index contributed by atoms with van der Waals surface area (Å²) >= 11 is -0.826. The zero-order valence-electron chi connectivity index (χ0n) is 12.4. The van der Waals surface area contributed by atoms with Crippen LogP contribution in [-0.4, -0.2) is 30.9 Å².